The van der Waals surface area contributed by atoms with Gasteiger partial charge in [0.15, 0.2) is 5.96 Å². The van der Waals surface area contributed by atoms with Gasteiger partial charge in [0.05, 0.1) is 19.8 Å². The second kappa shape index (κ2) is 9.15. The molecule has 2 fully saturated rings. The molecule has 2 aliphatic rings. The second-order valence-corrected chi connectivity index (χ2v) is 7.08. The van der Waals surface area contributed by atoms with Gasteiger partial charge < -0.3 is 15.8 Å². The van der Waals surface area contributed by atoms with E-state index in [-0.39, 0.29) is 5.54 Å². The molecular formula is C19H31N5O. The van der Waals surface area contributed by atoms with Crippen LogP contribution in [0.25, 0.3) is 0 Å². The molecular weight excluding hydrogens is 314 g/mol. The van der Waals surface area contributed by atoms with Crippen molar-refractivity contribution in [1.82, 2.24) is 15.2 Å². The number of hydrogen-bond donors (Lipinski definition) is 2. The lowest BCUT2D eigenvalue weighted by atomic mass is 9.80. The third-order valence-electron chi connectivity index (χ3n) is 5.42. The highest BCUT2D eigenvalue weighted by atomic mass is 16.5. The van der Waals surface area contributed by atoms with Crippen LogP contribution >= 0.6 is 0 Å². The van der Waals surface area contributed by atoms with Crippen LogP contribution in [0.1, 0.15) is 37.8 Å². The summed E-state index contributed by atoms with van der Waals surface area (Å²) in [5.74, 6) is 0.550. The Morgan fingerprint density at radius 3 is 2.76 bits per heavy atom. The Morgan fingerprint density at radius 1 is 1.24 bits per heavy atom. The highest BCUT2D eigenvalue weighted by Crippen LogP contribution is 2.34. The molecule has 0 bridgehead atoms. The Labute approximate surface area is 150 Å². The third kappa shape index (κ3) is 5.16. The van der Waals surface area contributed by atoms with Gasteiger partial charge >= 0.3 is 0 Å². The molecule has 1 aromatic rings. The molecule has 1 aromatic heterocycles. The Balaban J connectivity index is 1.52. The summed E-state index contributed by atoms with van der Waals surface area (Å²) >= 11 is 0. The number of guanidine groups is 1. The summed E-state index contributed by atoms with van der Waals surface area (Å²) in [6.07, 6.45) is 9.04. The van der Waals surface area contributed by atoms with Gasteiger partial charge in [0.25, 0.3) is 0 Å². The van der Waals surface area contributed by atoms with Gasteiger partial charge in [0.1, 0.15) is 0 Å². The first kappa shape index (κ1) is 18.1. The van der Waals surface area contributed by atoms with Crippen molar-refractivity contribution < 1.29 is 4.74 Å². The van der Waals surface area contributed by atoms with Crippen molar-refractivity contribution in [2.24, 2.45) is 10.7 Å². The largest absolute Gasteiger partial charge is 0.379 e. The molecule has 138 valence electrons. The van der Waals surface area contributed by atoms with Crippen molar-refractivity contribution >= 4 is 5.96 Å². The molecule has 1 saturated heterocycles. The molecule has 6 heteroatoms. The maximum atomic E-state index is 6.12. The summed E-state index contributed by atoms with van der Waals surface area (Å²) < 4.78 is 5.54. The van der Waals surface area contributed by atoms with Crippen LogP contribution in [0.5, 0.6) is 0 Å². The molecule has 1 saturated carbocycles. The number of hydrogen-bond acceptors (Lipinski definition) is 4. The SMILES string of the molecule is NC(=NCC1(N2CCOCC2)CCCCC1)NCCc1ccccn1. The third-order valence-corrected chi connectivity index (χ3v) is 5.42. The van der Waals surface area contributed by atoms with Crippen molar-refractivity contribution in [3.63, 3.8) is 0 Å². The van der Waals surface area contributed by atoms with Crippen LogP contribution < -0.4 is 11.1 Å². The lowest BCUT2D eigenvalue weighted by molar-refractivity contribution is -0.0333. The van der Waals surface area contributed by atoms with Crippen LogP contribution in [-0.2, 0) is 11.2 Å². The summed E-state index contributed by atoms with van der Waals surface area (Å²) in [7, 11) is 0. The molecule has 1 aliphatic carbocycles. The number of ether oxygens (including phenoxy) is 1. The molecule has 2 heterocycles. The Bertz CT molecular complexity index is 536. The Morgan fingerprint density at radius 2 is 2.04 bits per heavy atom. The van der Waals surface area contributed by atoms with E-state index in [1.807, 2.05) is 24.4 Å². The number of nitrogens with two attached hydrogens (primary N) is 1. The van der Waals surface area contributed by atoms with Gasteiger partial charge in [-0.1, -0.05) is 25.3 Å². The number of aromatic nitrogens is 1. The zero-order valence-corrected chi connectivity index (χ0v) is 15.1. The minimum Gasteiger partial charge on any atom is -0.379 e. The Hall–Kier alpha value is -1.66. The van der Waals surface area contributed by atoms with E-state index in [0.717, 1.165) is 51.5 Å². The lowest BCUT2D eigenvalue weighted by Crippen LogP contribution is -2.56. The standard InChI is InChI=1S/C19H31N5O/c20-18(22-11-7-17-6-2-5-10-21-17)23-16-19(8-3-1-4-9-19)24-12-14-25-15-13-24/h2,5-6,10H,1,3-4,7-9,11-16H2,(H3,20,22,23). The molecule has 25 heavy (non-hydrogen) atoms. The zero-order chi connectivity index (χ0) is 17.4. The molecule has 6 nitrogen and oxygen atoms in total. The van der Waals surface area contributed by atoms with E-state index in [0.29, 0.717) is 5.96 Å². The van der Waals surface area contributed by atoms with Crippen LogP contribution in [0.4, 0.5) is 0 Å². The van der Waals surface area contributed by atoms with E-state index in [4.69, 9.17) is 15.5 Å². The fourth-order valence-corrected chi connectivity index (χ4v) is 3.97. The molecule has 0 unspecified atom stereocenters. The maximum absolute atomic E-state index is 6.12. The molecule has 0 aromatic carbocycles. The zero-order valence-electron chi connectivity index (χ0n) is 15.1. The minimum absolute atomic E-state index is 0.176. The van der Waals surface area contributed by atoms with Gasteiger partial charge in [0.2, 0.25) is 0 Å². The summed E-state index contributed by atoms with van der Waals surface area (Å²) in [5.41, 5.74) is 7.36. The quantitative estimate of drug-likeness (QED) is 0.604. The van der Waals surface area contributed by atoms with Crippen molar-refractivity contribution in [2.75, 3.05) is 39.4 Å². The first-order valence-electron chi connectivity index (χ1n) is 9.55. The molecule has 0 amide bonds. The van der Waals surface area contributed by atoms with Gasteiger partial charge in [-0.2, -0.15) is 0 Å². The van der Waals surface area contributed by atoms with Crippen LogP contribution in [0.3, 0.4) is 0 Å². The van der Waals surface area contributed by atoms with Crippen molar-refractivity contribution in [3.05, 3.63) is 30.1 Å². The van der Waals surface area contributed by atoms with Crippen LogP contribution in [0.15, 0.2) is 29.4 Å². The van der Waals surface area contributed by atoms with E-state index in [9.17, 15) is 0 Å². The minimum atomic E-state index is 0.176. The van der Waals surface area contributed by atoms with Crippen molar-refractivity contribution in [3.8, 4) is 0 Å². The van der Waals surface area contributed by atoms with Crippen LogP contribution in [-0.4, -0.2) is 60.8 Å². The normalized spacial score (nSPS) is 21.8. The maximum Gasteiger partial charge on any atom is 0.188 e. The van der Waals surface area contributed by atoms with Crippen LogP contribution in [0, 0.1) is 0 Å². The van der Waals surface area contributed by atoms with E-state index >= 15 is 0 Å². The molecule has 0 atom stereocenters. The second-order valence-electron chi connectivity index (χ2n) is 7.08. The average molecular weight is 345 g/mol. The first-order valence-corrected chi connectivity index (χ1v) is 9.55. The van der Waals surface area contributed by atoms with Gasteiger partial charge in [-0.15, -0.1) is 0 Å². The highest BCUT2D eigenvalue weighted by molar-refractivity contribution is 5.77. The fourth-order valence-electron chi connectivity index (χ4n) is 3.97. The molecule has 3 rings (SSSR count). The van der Waals surface area contributed by atoms with E-state index < -0.39 is 0 Å². The number of pyridine rings is 1. The molecule has 0 spiro atoms. The average Bonchev–Trinajstić information content (AvgIpc) is 2.69. The van der Waals surface area contributed by atoms with Gasteiger partial charge in [0, 0.05) is 43.5 Å². The van der Waals surface area contributed by atoms with Crippen LogP contribution in [0.2, 0.25) is 0 Å². The van der Waals surface area contributed by atoms with Crippen molar-refractivity contribution in [1.29, 1.82) is 0 Å². The van der Waals surface area contributed by atoms with E-state index in [1.54, 1.807) is 0 Å². The van der Waals surface area contributed by atoms with Gasteiger partial charge in [-0.05, 0) is 25.0 Å². The summed E-state index contributed by atoms with van der Waals surface area (Å²) in [6, 6.07) is 5.97. The fraction of sp³-hybridized carbons (Fsp3) is 0.684. The lowest BCUT2D eigenvalue weighted by Gasteiger charge is -2.47. The first-order chi connectivity index (χ1) is 12.3. The Kier molecular flexibility index (Phi) is 6.64. The number of morpholine rings is 1. The van der Waals surface area contributed by atoms with E-state index in [2.05, 4.69) is 15.2 Å². The topological polar surface area (TPSA) is 75.8 Å². The molecule has 3 N–H and O–H groups in total. The molecule has 1 aliphatic heterocycles. The number of rotatable bonds is 6. The summed E-state index contributed by atoms with van der Waals surface area (Å²) in [5, 5.41) is 3.24. The monoisotopic (exact) mass is 345 g/mol. The van der Waals surface area contributed by atoms with Gasteiger partial charge in [-0.25, -0.2) is 0 Å². The predicted molar refractivity (Wildman–Crippen MR) is 101 cm³/mol. The predicted octanol–water partition coefficient (Wildman–Crippen LogP) is 1.56. The highest BCUT2D eigenvalue weighted by Gasteiger charge is 2.38. The number of nitrogens with zero attached hydrogens (tertiary/aromatic N) is 3. The number of nitrogens with one attached hydrogen (secondary N) is 1. The smallest absolute Gasteiger partial charge is 0.188 e. The molecule has 0 radical (unpaired) electrons. The summed E-state index contributed by atoms with van der Waals surface area (Å²) in [6.45, 7) is 5.25. The van der Waals surface area contributed by atoms with E-state index in [1.165, 1.54) is 32.1 Å². The van der Waals surface area contributed by atoms with Crippen molar-refractivity contribution in [2.45, 2.75) is 44.1 Å². The van der Waals surface area contributed by atoms with Gasteiger partial charge in [-0.3, -0.25) is 14.9 Å². The summed E-state index contributed by atoms with van der Waals surface area (Å²) in [4.78, 5) is 11.6. The number of aliphatic imine (C=N–C) groups is 1.